The molecule has 1 unspecified atom stereocenters. The molecular formula is C28H36N2O4. The number of rotatable bonds is 9. The molecule has 2 aromatic carbocycles. The number of hydrogen-bond donors (Lipinski definition) is 1. The molecule has 1 amide bonds. The lowest BCUT2D eigenvalue weighted by Gasteiger charge is -2.26. The molecule has 0 bridgehead atoms. The van der Waals surface area contributed by atoms with Crippen LogP contribution in [0.1, 0.15) is 62.8 Å². The van der Waals surface area contributed by atoms with Crippen molar-refractivity contribution in [3.05, 3.63) is 70.8 Å². The molecule has 0 spiro atoms. The summed E-state index contributed by atoms with van der Waals surface area (Å²) in [7, 11) is 3.95. The molecule has 1 saturated heterocycles. The van der Waals surface area contributed by atoms with Gasteiger partial charge in [0, 0.05) is 12.1 Å². The Balaban J connectivity index is 2.04. The van der Waals surface area contributed by atoms with E-state index in [0.717, 1.165) is 18.5 Å². The molecule has 182 valence electrons. The molecule has 2 aromatic rings. The lowest BCUT2D eigenvalue weighted by molar-refractivity contribution is -0.139. The fraction of sp³-hybridized carbons (Fsp3) is 0.429. The van der Waals surface area contributed by atoms with Crippen LogP contribution in [-0.4, -0.2) is 59.9 Å². The van der Waals surface area contributed by atoms with E-state index in [1.54, 1.807) is 29.2 Å². The summed E-state index contributed by atoms with van der Waals surface area (Å²) < 4.78 is 5.68. The predicted molar refractivity (Wildman–Crippen MR) is 135 cm³/mol. The van der Waals surface area contributed by atoms with Crippen LogP contribution < -0.4 is 4.74 Å². The molecule has 0 aliphatic carbocycles. The van der Waals surface area contributed by atoms with Crippen LogP contribution in [0.2, 0.25) is 0 Å². The van der Waals surface area contributed by atoms with E-state index < -0.39 is 17.7 Å². The van der Waals surface area contributed by atoms with E-state index in [2.05, 4.69) is 13.8 Å². The summed E-state index contributed by atoms with van der Waals surface area (Å²) in [4.78, 5) is 29.9. The lowest BCUT2D eigenvalue weighted by atomic mass is 9.93. The average Bonchev–Trinajstić information content (AvgIpc) is 3.03. The van der Waals surface area contributed by atoms with Gasteiger partial charge in [0.2, 0.25) is 0 Å². The highest BCUT2D eigenvalue weighted by atomic mass is 16.5. The van der Waals surface area contributed by atoms with E-state index in [9.17, 15) is 14.7 Å². The number of aliphatic hydroxyl groups excluding tert-OH is 1. The van der Waals surface area contributed by atoms with Gasteiger partial charge in [0.05, 0.1) is 17.7 Å². The zero-order valence-electron chi connectivity index (χ0n) is 21.0. The Morgan fingerprint density at radius 3 is 2.15 bits per heavy atom. The molecule has 6 heteroatoms. The molecule has 1 N–H and O–H groups in total. The fourth-order valence-corrected chi connectivity index (χ4v) is 4.20. The van der Waals surface area contributed by atoms with Gasteiger partial charge in [0.1, 0.15) is 11.5 Å². The number of nitrogens with zero attached hydrogens (tertiary/aromatic N) is 2. The number of benzene rings is 2. The number of ketones is 1. The molecular weight excluding hydrogens is 428 g/mol. The van der Waals surface area contributed by atoms with Crippen molar-refractivity contribution in [1.82, 2.24) is 9.80 Å². The topological polar surface area (TPSA) is 70.1 Å². The Morgan fingerprint density at radius 2 is 1.62 bits per heavy atom. The highest BCUT2D eigenvalue weighted by Gasteiger charge is 2.45. The third kappa shape index (κ3) is 5.68. The molecule has 0 aromatic heterocycles. The van der Waals surface area contributed by atoms with Crippen LogP contribution in [0.3, 0.4) is 0 Å². The van der Waals surface area contributed by atoms with Gasteiger partial charge in [-0.15, -0.1) is 0 Å². The van der Waals surface area contributed by atoms with E-state index in [0.29, 0.717) is 23.8 Å². The van der Waals surface area contributed by atoms with Crippen molar-refractivity contribution in [1.29, 1.82) is 0 Å². The first kappa shape index (κ1) is 25.5. The van der Waals surface area contributed by atoms with Crippen LogP contribution in [0, 0.1) is 0 Å². The van der Waals surface area contributed by atoms with Crippen molar-refractivity contribution in [2.45, 2.75) is 52.2 Å². The third-order valence-corrected chi connectivity index (χ3v) is 5.96. The minimum Gasteiger partial charge on any atom is -0.507 e. The maximum absolute atomic E-state index is 13.2. The minimum absolute atomic E-state index is 0.0285. The molecule has 1 fully saturated rings. The van der Waals surface area contributed by atoms with Crippen molar-refractivity contribution >= 4 is 17.4 Å². The number of likely N-dealkylation sites (tertiary alicyclic amines) is 1. The molecule has 34 heavy (non-hydrogen) atoms. The van der Waals surface area contributed by atoms with E-state index in [1.807, 2.05) is 57.1 Å². The smallest absolute Gasteiger partial charge is 0.295 e. The average molecular weight is 465 g/mol. The number of aliphatic hydroxyl groups is 1. The van der Waals surface area contributed by atoms with E-state index in [4.69, 9.17) is 4.74 Å². The maximum Gasteiger partial charge on any atom is 0.295 e. The van der Waals surface area contributed by atoms with Gasteiger partial charge in [-0.25, -0.2) is 0 Å². The molecule has 1 atom stereocenters. The highest BCUT2D eigenvalue weighted by molar-refractivity contribution is 6.46. The fourth-order valence-electron chi connectivity index (χ4n) is 4.20. The van der Waals surface area contributed by atoms with Crippen molar-refractivity contribution in [3.8, 4) is 5.75 Å². The Labute approximate surface area is 202 Å². The summed E-state index contributed by atoms with van der Waals surface area (Å²) in [6.07, 6.45) is 0.753. The van der Waals surface area contributed by atoms with Crippen LogP contribution in [0.25, 0.3) is 5.76 Å². The summed E-state index contributed by atoms with van der Waals surface area (Å²) in [5.74, 6) is -0.341. The van der Waals surface area contributed by atoms with Crippen LogP contribution in [0.5, 0.6) is 5.75 Å². The van der Waals surface area contributed by atoms with E-state index in [-0.39, 0.29) is 17.4 Å². The van der Waals surface area contributed by atoms with Crippen LogP contribution in [0.15, 0.2) is 54.1 Å². The van der Waals surface area contributed by atoms with Crippen molar-refractivity contribution in [2.24, 2.45) is 0 Å². The van der Waals surface area contributed by atoms with Gasteiger partial charge in [-0.05, 0) is 82.2 Å². The first-order valence-electron chi connectivity index (χ1n) is 11.9. The number of ether oxygens (including phenoxy) is 1. The molecule has 1 aliphatic rings. The number of amides is 1. The molecule has 1 heterocycles. The SMILES string of the molecule is CC(C)Oc1ccc(/C(O)=C2\C(=O)C(=O)N(CCCN(C)C)C2c2ccc(C(C)C)cc2)cc1. The first-order valence-corrected chi connectivity index (χ1v) is 11.9. The number of carbonyl (C=O) groups is 2. The monoisotopic (exact) mass is 464 g/mol. The Hall–Kier alpha value is -3.12. The Morgan fingerprint density at radius 1 is 1.00 bits per heavy atom. The van der Waals surface area contributed by atoms with E-state index in [1.165, 1.54) is 5.56 Å². The van der Waals surface area contributed by atoms with Gasteiger partial charge in [-0.2, -0.15) is 0 Å². The van der Waals surface area contributed by atoms with Crippen LogP contribution >= 0.6 is 0 Å². The van der Waals surface area contributed by atoms with Gasteiger partial charge >= 0.3 is 0 Å². The highest BCUT2D eigenvalue weighted by Crippen LogP contribution is 2.40. The largest absolute Gasteiger partial charge is 0.507 e. The summed E-state index contributed by atoms with van der Waals surface area (Å²) in [6.45, 7) is 9.34. The quantitative estimate of drug-likeness (QED) is 0.322. The Kier molecular flexibility index (Phi) is 8.15. The summed E-state index contributed by atoms with van der Waals surface area (Å²) >= 11 is 0. The zero-order chi connectivity index (χ0) is 25.0. The summed E-state index contributed by atoms with van der Waals surface area (Å²) in [5.41, 5.74) is 2.60. The van der Waals surface area contributed by atoms with Crippen molar-refractivity contribution in [2.75, 3.05) is 27.2 Å². The summed E-state index contributed by atoms with van der Waals surface area (Å²) in [5, 5.41) is 11.2. The zero-order valence-corrected chi connectivity index (χ0v) is 21.0. The molecule has 0 saturated carbocycles. The number of hydrogen-bond acceptors (Lipinski definition) is 5. The Bertz CT molecular complexity index is 1040. The van der Waals surface area contributed by atoms with Gasteiger partial charge in [0.25, 0.3) is 11.7 Å². The minimum atomic E-state index is -0.650. The second kappa shape index (κ2) is 10.9. The molecule has 1 aliphatic heterocycles. The van der Waals surface area contributed by atoms with E-state index >= 15 is 0 Å². The maximum atomic E-state index is 13.2. The number of Topliss-reactive ketones (excluding diaryl/α,β-unsaturated/α-hetero) is 1. The first-order chi connectivity index (χ1) is 16.1. The predicted octanol–water partition coefficient (Wildman–Crippen LogP) is 4.97. The third-order valence-electron chi connectivity index (χ3n) is 5.96. The molecule has 3 rings (SSSR count). The summed E-state index contributed by atoms with van der Waals surface area (Å²) in [6, 6.07) is 14.3. The van der Waals surface area contributed by atoms with Crippen LogP contribution in [-0.2, 0) is 9.59 Å². The second-order valence-corrected chi connectivity index (χ2v) is 9.66. The molecule has 0 radical (unpaired) electrons. The van der Waals surface area contributed by atoms with Crippen LogP contribution in [0.4, 0.5) is 0 Å². The van der Waals surface area contributed by atoms with Gasteiger partial charge in [0.15, 0.2) is 0 Å². The van der Waals surface area contributed by atoms with Crippen molar-refractivity contribution in [3.63, 3.8) is 0 Å². The normalized spacial score (nSPS) is 17.9. The lowest BCUT2D eigenvalue weighted by Crippen LogP contribution is -2.32. The van der Waals surface area contributed by atoms with Gasteiger partial charge in [-0.1, -0.05) is 38.1 Å². The second-order valence-electron chi connectivity index (χ2n) is 9.66. The van der Waals surface area contributed by atoms with Gasteiger partial charge in [-0.3, -0.25) is 9.59 Å². The number of carbonyl (C=O) groups excluding carboxylic acids is 2. The van der Waals surface area contributed by atoms with Crippen molar-refractivity contribution < 1.29 is 19.4 Å². The molecule has 6 nitrogen and oxygen atoms in total. The standard InChI is InChI=1S/C28H36N2O4/c1-18(2)20-8-10-21(11-9-20)25-24(27(32)28(33)30(25)17-7-16-29(5)6)26(31)22-12-14-23(15-13-22)34-19(3)4/h8-15,18-19,25,31H,7,16-17H2,1-6H3/b26-24+. The van der Waals surface area contributed by atoms with Gasteiger partial charge < -0.3 is 19.6 Å².